The van der Waals surface area contributed by atoms with Gasteiger partial charge in [0.1, 0.15) is 5.76 Å². The first-order valence-corrected chi connectivity index (χ1v) is 30.3. The Labute approximate surface area is 267 Å². The predicted molar refractivity (Wildman–Crippen MR) is 189 cm³/mol. The largest absolute Gasteiger partial charge is 0.543 e. The van der Waals surface area contributed by atoms with Crippen molar-refractivity contribution < 1.29 is 17.7 Å². The summed E-state index contributed by atoms with van der Waals surface area (Å²) in [7, 11) is -7.27. The van der Waals surface area contributed by atoms with Crippen LogP contribution in [0.2, 0.25) is 78.6 Å². The van der Waals surface area contributed by atoms with Crippen molar-refractivity contribution in [3.63, 3.8) is 0 Å². The van der Waals surface area contributed by atoms with E-state index >= 15 is 0 Å². The zero-order valence-electron chi connectivity index (χ0n) is 29.5. The molecular formula is C33H61ClO4Si4. The highest BCUT2D eigenvalue weighted by molar-refractivity contribution is 6.71. The second kappa shape index (κ2) is 11.1. The molecule has 0 aromatic carbocycles. The van der Waals surface area contributed by atoms with Crippen LogP contribution >= 0.6 is 11.6 Å². The van der Waals surface area contributed by atoms with Crippen LogP contribution in [0.5, 0.6) is 0 Å². The highest BCUT2D eigenvalue weighted by atomic mass is 35.5. The van der Waals surface area contributed by atoms with Gasteiger partial charge in [-0.25, -0.2) is 0 Å². The average molecular weight is 670 g/mol. The summed E-state index contributed by atoms with van der Waals surface area (Å²) in [6.07, 6.45) is 9.56. The zero-order chi connectivity index (χ0) is 31.9. The predicted octanol–water partition coefficient (Wildman–Crippen LogP) is 10.3. The Morgan fingerprint density at radius 3 is 2.00 bits per heavy atom. The fraction of sp³-hybridized carbons (Fsp3) is 0.818. The van der Waals surface area contributed by atoms with E-state index in [1.807, 2.05) is 0 Å². The van der Waals surface area contributed by atoms with Crippen LogP contribution in [-0.4, -0.2) is 51.6 Å². The molecule has 0 radical (unpaired) electrons. The molecule has 0 aromatic heterocycles. The Kier molecular flexibility index (Phi) is 9.23. The van der Waals surface area contributed by atoms with Gasteiger partial charge in [-0.3, -0.25) is 0 Å². The Bertz CT molecular complexity index is 1150. The molecule has 9 heteroatoms. The summed E-state index contributed by atoms with van der Waals surface area (Å²) in [5, 5.41) is 0.800. The summed E-state index contributed by atoms with van der Waals surface area (Å²) < 4.78 is 27.7. The second-order valence-corrected chi connectivity index (χ2v) is 36.4. The lowest BCUT2D eigenvalue weighted by atomic mass is 9.47. The molecule has 0 amide bonds. The van der Waals surface area contributed by atoms with Crippen LogP contribution in [0.15, 0.2) is 34.1 Å². The molecule has 4 nitrogen and oxygen atoms in total. The highest BCUT2D eigenvalue weighted by Gasteiger charge is 2.66. The van der Waals surface area contributed by atoms with Crippen LogP contribution in [0.1, 0.15) is 46.5 Å². The first-order chi connectivity index (χ1) is 18.8. The SMILES string of the molecule is C[C@]12C=C(CO[Si](C)(C)C)C(O[Si](C)(C)C)=C(Cl)C1=CCC1C2[C@H](O[Si](C)(C)C)C[C@@]2(C)C1CC[C@]2(C)O[Si](C)(C)C. The highest BCUT2D eigenvalue weighted by Crippen LogP contribution is 2.69. The molecule has 0 spiro atoms. The van der Waals surface area contributed by atoms with Gasteiger partial charge in [-0.1, -0.05) is 37.6 Å². The molecule has 4 aliphatic carbocycles. The normalized spacial score (nSPS) is 37.5. The fourth-order valence-electron chi connectivity index (χ4n) is 8.77. The monoisotopic (exact) mass is 668 g/mol. The topological polar surface area (TPSA) is 36.9 Å². The summed E-state index contributed by atoms with van der Waals surface area (Å²) in [5.74, 6) is 2.32. The first-order valence-electron chi connectivity index (χ1n) is 16.3. The Morgan fingerprint density at radius 2 is 1.48 bits per heavy atom. The number of rotatable bonds is 9. The lowest BCUT2D eigenvalue weighted by Crippen LogP contribution is -2.61. The number of allylic oxidation sites excluding steroid dienone is 4. The molecule has 0 saturated heterocycles. The van der Waals surface area contributed by atoms with Crippen LogP contribution in [0.3, 0.4) is 0 Å². The van der Waals surface area contributed by atoms with E-state index < -0.39 is 33.3 Å². The van der Waals surface area contributed by atoms with Crippen LogP contribution in [0, 0.1) is 28.6 Å². The van der Waals surface area contributed by atoms with Gasteiger partial charge in [-0.15, -0.1) is 0 Å². The van der Waals surface area contributed by atoms with Crippen molar-refractivity contribution in [2.45, 2.75) is 137 Å². The van der Waals surface area contributed by atoms with Gasteiger partial charge < -0.3 is 17.7 Å². The molecule has 0 N–H and O–H groups in total. The van der Waals surface area contributed by atoms with Crippen LogP contribution < -0.4 is 0 Å². The maximum absolute atomic E-state index is 7.44. The number of hydrogen-bond donors (Lipinski definition) is 0. The van der Waals surface area contributed by atoms with Crippen molar-refractivity contribution in [1.29, 1.82) is 0 Å². The minimum Gasteiger partial charge on any atom is -0.543 e. The molecule has 2 saturated carbocycles. The number of hydrogen-bond acceptors (Lipinski definition) is 4. The Balaban J connectivity index is 1.86. The Hall–Kier alpha value is 0.0575. The van der Waals surface area contributed by atoms with Crippen LogP contribution in [-0.2, 0) is 17.7 Å². The van der Waals surface area contributed by atoms with Crippen molar-refractivity contribution in [3.8, 4) is 0 Å². The van der Waals surface area contributed by atoms with Gasteiger partial charge in [-0.05, 0) is 129 Å². The standard InChI is InChI=1S/C33H61ClO4Si4/c1-31-20-23(22-35-39(4,5)6)30(37-41(10,11)12)29(34)26(31)17-16-24-25-18-19-33(3,38-42(13,14)15)32(25,2)21-27(28(24)31)36-40(7,8)9/h17,20,24-25,27-28H,16,18-19,21-22H2,1-15H3/t24?,25?,27-,28?,31+,32+,33+/m1/s1. The van der Waals surface area contributed by atoms with E-state index in [-0.39, 0.29) is 22.5 Å². The molecule has 0 aliphatic heterocycles. The summed E-state index contributed by atoms with van der Waals surface area (Å²) in [4.78, 5) is 0. The lowest BCUT2D eigenvalue weighted by Gasteiger charge is -2.61. The third-order valence-electron chi connectivity index (χ3n) is 10.1. The quantitative estimate of drug-likeness (QED) is 0.229. The van der Waals surface area contributed by atoms with Crippen molar-refractivity contribution in [2.24, 2.45) is 28.6 Å². The van der Waals surface area contributed by atoms with Gasteiger partial charge in [0, 0.05) is 28.4 Å². The van der Waals surface area contributed by atoms with Crippen LogP contribution in [0.25, 0.3) is 0 Å². The van der Waals surface area contributed by atoms with E-state index in [0.717, 1.165) is 35.6 Å². The molecule has 0 heterocycles. The van der Waals surface area contributed by atoms with E-state index in [4.69, 9.17) is 29.3 Å². The van der Waals surface area contributed by atoms with Gasteiger partial charge in [0.15, 0.2) is 25.0 Å². The zero-order valence-corrected chi connectivity index (χ0v) is 34.3. The number of fused-ring (bicyclic) bond motifs is 5. The molecule has 2 fully saturated rings. The molecule has 240 valence electrons. The average Bonchev–Trinajstić information content (AvgIpc) is 3.00. The maximum atomic E-state index is 7.44. The minimum absolute atomic E-state index is 0.0777. The molecule has 3 unspecified atom stereocenters. The van der Waals surface area contributed by atoms with E-state index in [2.05, 4.69) is 111 Å². The van der Waals surface area contributed by atoms with Crippen molar-refractivity contribution in [1.82, 2.24) is 0 Å². The molecule has 7 atom stereocenters. The molecule has 42 heavy (non-hydrogen) atoms. The first kappa shape index (κ1) is 34.9. The molecule has 4 aliphatic rings. The van der Waals surface area contributed by atoms with Crippen LogP contribution in [0.4, 0.5) is 0 Å². The molecule has 0 bridgehead atoms. The van der Waals surface area contributed by atoms with Crippen molar-refractivity contribution >= 4 is 44.9 Å². The van der Waals surface area contributed by atoms with E-state index in [1.165, 1.54) is 12.0 Å². The van der Waals surface area contributed by atoms with E-state index in [9.17, 15) is 0 Å². The fourth-order valence-corrected chi connectivity index (χ4v) is 13.5. The molecular weight excluding hydrogens is 608 g/mol. The third kappa shape index (κ3) is 6.91. The van der Waals surface area contributed by atoms with Crippen molar-refractivity contribution in [2.75, 3.05) is 6.61 Å². The smallest absolute Gasteiger partial charge is 0.242 e. The molecule has 4 rings (SSSR count). The Morgan fingerprint density at radius 1 is 0.857 bits per heavy atom. The van der Waals surface area contributed by atoms with E-state index in [0.29, 0.717) is 24.4 Å². The second-order valence-electron chi connectivity index (χ2n) is 18.2. The van der Waals surface area contributed by atoms with E-state index in [1.54, 1.807) is 0 Å². The number of halogens is 1. The van der Waals surface area contributed by atoms with Crippen molar-refractivity contribution in [3.05, 3.63) is 34.1 Å². The minimum atomic E-state index is -1.91. The third-order valence-corrected chi connectivity index (χ3v) is 14.4. The summed E-state index contributed by atoms with van der Waals surface area (Å²) >= 11 is 7.44. The van der Waals surface area contributed by atoms with Gasteiger partial charge in [0.05, 0.1) is 17.2 Å². The molecule has 0 aromatic rings. The van der Waals surface area contributed by atoms with Gasteiger partial charge in [0.2, 0.25) is 8.32 Å². The summed E-state index contributed by atoms with van der Waals surface area (Å²) in [6, 6.07) is 0. The lowest BCUT2D eigenvalue weighted by molar-refractivity contribution is -0.141. The van der Waals surface area contributed by atoms with Gasteiger partial charge in [-0.2, -0.15) is 0 Å². The summed E-state index contributed by atoms with van der Waals surface area (Å²) in [5.41, 5.74) is 2.09. The van der Waals surface area contributed by atoms with Gasteiger partial charge in [0.25, 0.3) is 0 Å². The maximum Gasteiger partial charge on any atom is 0.242 e. The summed E-state index contributed by atoms with van der Waals surface area (Å²) in [6.45, 7) is 35.5. The van der Waals surface area contributed by atoms with Gasteiger partial charge >= 0.3 is 0 Å².